The molecule has 4 nitrogen and oxygen atoms in total. The molecule has 0 spiro atoms. The molecule has 1 unspecified atom stereocenters. The van der Waals surface area contributed by atoms with Gasteiger partial charge in [-0.15, -0.1) is 0 Å². The van der Waals surface area contributed by atoms with Gasteiger partial charge >= 0.3 is 5.97 Å². The van der Waals surface area contributed by atoms with E-state index in [0.29, 0.717) is 26.0 Å². The van der Waals surface area contributed by atoms with Crippen molar-refractivity contribution in [3.63, 3.8) is 0 Å². The summed E-state index contributed by atoms with van der Waals surface area (Å²) in [7, 11) is 0. The third-order valence-corrected chi connectivity index (χ3v) is 3.99. The second-order valence-corrected chi connectivity index (χ2v) is 5.99. The van der Waals surface area contributed by atoms with Crippen LogP contribution in [0, 0.1) is 11.3 Å². The topological polar surface area (TPSA) is 55.4 Å². The Morgan fingerprint density at radius 3 is 2.68 bits per heavy atom. The lowest BCUT2D eigenvalue weighted by Gasteiger charge is -2.37. The first-order valence-electron chi connectivity index (χ1n) is 7.40. The van der Waals surface area contributed by atoms with E-state index >= 15 is 0 Å². The molecule has 0 heterocycles. The quantitative estimate of drug-likeness (QED) is 0.596. The Morgan fingerprint density at radius 1 is 1.32 bits per heavy atom. The predicted molar refractivity (Wildman–Crippen MR) is 74.6 cm³/mol. The number of rotatable bonds is 6. The summed E-state index contributed by atoms with van der Waals surface area (Å²) in [5, 5.41) is 2.96. The second kappa shape index (κ2) is 7.51. The molecule has 0 aromatic heterocycles. The number of ether oxygens (including phenoxy) is 1. The van der Waals surface area contributed by atoms with Crippen LogP contribution in [0.4, 0.5) is 0 Å². The van der Waals surface area contributed by atoms with Gasteiger partial charge in [0.15, 0.2) is 0 Å². The van der Waals surface area contributed by atoms with Crippen molar-refractivity contribution in [2.75, 3.05) is 13.2 Å². The van der Waals surface area contributed by atoms with Gasteiger partial charge in [0, 0.05) is 18.9 Å². The van der Waals surface area contributed by atoms with Crippen molar-refractivity contribution in [3.05, 3.63) is 0 Å². The number of hydrogen-bond donors (Lipinski definition) is 1. The molecular weight excluding hydrogens is 242 g/mol. The molecule has 0 aromatic carbocycles. The average Bonchev–Trinajstić information content (AvgIpc) is 2.34. The summed E-state index contributed by atoms with van der Waals surface area (Å²) in [6.45, 7) is 7.13. The van der Waals surface area contributed by atoms with Crippen LogP contribution in [0.25, 0.3) is 0 Å². The summed E-state index contributed by atoms with van der Waals surface area (Å²) in [5.74, 6) is 0.0761. The van der Waals surface area contributed by atoms with E-state index < -0.39 is 0 Å². The monoisotopic (exact) mass is 269 g/mol. The predicted octanol–water partition coefficient (Wildman–Crippen LogP) is 2.66. The van der Waals surface area contributed by atoms with E-state index in [1.807, 2.05) is 0 Å². The summed E-state index contributed by atoms with van der Waals surface area (Å²) in [4.78, 5) is 23.3. The first kappa shape index (κ1) is 16.0. The minimum Gasteiger partial charge on any atom is -0.466 e. The normalized spacial score (nSPS) is 21.7. The van der Waals surface area contributed by atoms with Crippen LogP contribution in [0.5, 0.6) is 0 Å². The van der Waals surface area contributed by atoms with Gasteiger partial charge in [-0.25, -0.2) is 0 Å². The number of amides is 1. The SMILES string of the molecule is CCOC(=O)CCCNC(=O)C1CCCCC1(C)C. The summed E-state index contributed by atoms with van der Waals surface area (Å²) in [6, 6.07) is 0. The minimum absolute atomic E-state index is 0.101. The Hall–Kier alpha value is -1.06. The van der Waals surface area contributed by atoms with Gasteiger partial charge < -0.3 is 10.1 Å². The second-order valence-electron chi connectivity index (χ2n) is 5.99. The zero-order chi connectivity index (χ0) is 14.3. The third kappa shape index (κ3) is 5.21. The minimum atomic E-state index is -0.185. The van der Waals surface area contributed by atoms with Crippen molar-refractivity contribution >= 4 is 11.9 Å². The van der Waals surface area contributed by atoms with Gasteiger partial charge in [0.2, 0.25) is 5.91 Å². The zero-order valence-corrected chi connectivity index (χ0v) is 12.5. The Morgan fingerprint density at radius 2 is 2.05 bits per heavy atom. The van der Waals surface area contributed by atoms with Crippen molar-refractivity contribution in [1.29, 1.82) is 0 Å². The maximum absolute atomic E-state index is 12.2. The van der Waals surface area contributed by atoms with Crippen LogP contribution < -0.4 is 5.32 Å². The third-order valence-electron chi connectivity index (χ3n) is 3.99. The highest BCUT2D eigenvalue weighted by molar-refractivity contribution is 5.79. The Kier molecular flexibility index (Phi) is 6.32. The average molecular weight is 269 g/mol. The van der Waals surface area contributed by atoms with Crippen LogP contribution >= 0.6 is 0 Å². The smallest absolute Gasteiger partial charge is 0.305 e. The highest BCUT2D eigenvalue weighted by Crippen LogP contribution is 2.40. The molecule has 1 saturated carbocycles. The number of carbonyl (C=O) groups excluding carboxylic acids is 2. The van der Waals surface area contributed by atoms with Crippen molar-refractivity contribution in [2.45, 2.75) is 59.3 Å². The number of nitrogens with one attached hydrogen (secondary N) is 1. The molecular formula is C15H27NO3. The van der Waals surface area contributed by atoms with Gasteiger partial charge in [-0.2, -0.15) is 0 Å². The van der Waals surface area contributed by atoms with E-state index in [1.165, 1.54) is 6.42 Å². The number of carbonyl (C=O) groups is 2. The molecule has 1 atom stereocenters. The summed E-state index contributed by atoms with van der Waals surface area (Å²) < 4.78 is 4.85. The standard InChI is InChI=1S/C15H27NO3/c1-4-19-13(17)9-7-11-16-14(18)12-8-5-6-10-15(12,2)3/h12H,4-11H2,1-3H3,(H,16,18). The first-order chi connectivity index (χ1) is 8.97. The molecule has 110 valence electrons. The van der Waals surface area contributed by atoms with Gasteiger partial charge in [-0.05, 0) is 31.6 Å². The van der Waals surface area contributed by atoms with Gasteiger partial charge in [0.05, 0.1) is 6.61 Å². The van der Waals surface area contributed by atoms with Gasteiger partial charge in [0.25, 0.3) is 0 Å². The Bertz CT molecular complexity index is 313. The molecule has 0 saturated heterocycles. The lowest BCUT2D eigenvalue weighted by molar-refractivity contribution is -0.143. The van der Waals surface area contributed by atoms with Crippen molar-refractivity contribution in [1.82, 2.24) is 5.32 Å². The molecule has 1 fully saturated rings. The maximum Gasteiger partial charge on any atom is 0.305 e. The van der Waals surface area contributed by atoms with E-state index in [1.54, 1.807) is 6.92 Å². The molecule has 1 amide bonds. The van der Waals surface area contributed by atoms with E-state index in [0.717, 1.165) is 19.3 Å². The Labute approximate surface area is 116 Å². The lowest BCUT2D eigenvalue weighted by Crippen LogP contribution is -2.41. The maximum atomic E-state index is 12.2. The first-order valence-corrected chi connectivity index (χ1v) is 7.40. The number of hydrogen-bond acceptors (Lipinski definition) is 3. The zero-order valence-electron chi connectivity index (χ0n) is 12.5. The fourth-order valence-corrected chi connectivity index (χ4v) is 2.78. The van der Waals surface area contributed by atoms with E-state index in [2.05, 4.69) is 19.2 Å². The summed E-state index contributed by atoms with van der Waals surface area (Å²) in [5.41, 5.74) is 0.101. The summed E-state index contributed by atoms with van der Waals surface area (Å²) in [6.07, 6.45) is 5.49. The van der Waals surface area contributed by atoms with E-state index in [4.69, 9.17) is 4.74 Å². The van der Waals surface area contributed by atoms with Crippen LogP contribution in [0.15, 0.2) is 0 Å². The van der Waals surface area contributed by atoms with Crippen LogP contribution in [0.2, 0.25) is 0 Å². The number of esters is 1. The molecule has 4 heteroatoms. The molecule has 0 aromatic rings. The van der Waals surface area contributed by atoms with Crippen LogP contribution in [-0.4, -0.2) is 25.0 Å². The van der Waals surface area contributed by atoms with Crippen molar-refractivity contribution < 1.29 is 14.3 Å². The Balaban J connectivity index is 2.25. The highest BCUT2D eigenvalue weighted by Gasteiger charge is 2.36. The van der Waals surface area contributed by atoms with E-state index in [9.17, 15) is 9.59 Å². The molecule has 1 N–H and O–H groups in total. The van der Waals surface area contributed by atoms with Crippen molar-refractivity contribution in [3.8, 4) is 0 Å². The molecule has 1 aliphatic rings. The fourth-order valence-electron chi connectivity index (χ4n) is 2.78. The van der Waals surface area contributed by atoms with Crippen LogP contribution in [0.3, 0.4) is 0 Å². The van der Waals surface area contributed by atoms with Crippen LogP contribution in [0.1, 0.15) is 59.3 Å². The van der Waals surface area contributed by atoms with Gasteiger partial charge in [-0.1, -0.05) is 26.7 Å². The van der Waals surface area contributed by atoms with Gasteiger partial charge in [0.1, 0.15) is 0 Å². The highest BCUT2D eigenvalue weighted by atomic mass is 16.5. The van der Waals surface area contributed by atoms with E-state index in [-0.39, 0.29) is 23.2 Å². The molecule has 0 radical (unpaired) electrons. The molecule has 1 rings (SSSR count). The molecule has 0 aliphatic heterocycles. The van der Waals surface area contributed by atoms with Crippen LogP contribution in [-0.2, 0) is 14.3 Å². The van der Waals surface area contributed by atoms with Gasteiger partial charge in [-0.3, -0.25) is 9.59 Å². The van der Waals surface area contributed by atoms with Crippen molar-refractivity contribution in [2.24, 2.45) is 11.3 Å². The molecule has 1 aliphatic carbocycles. The summed E-state index contributed by atoms with van der Waals surface area (Å²) >= 11 is 0. The molecule has 0 bridgehead atoms. The fraction of sp³-hybridized carbons (Fsp3) is 0.867. The lowest BCUT2D eigenvalue weighted by atomic mass is 9.68. The molecule has 19 heavy (non-hydrogen) atoms. The largest absolute Gasteiger partial charge is 0.466 e.